The third-order valence-corrected chi connectivity index (χ3v) is 18.1. The van der Waals surface area contributed by atoms with Gasteiger partial charge >= 0.3 is 23.9 Å². The quantitative estimate of drug-likeness (QED) is 0.0902. The van der Waals surface area contributed by atoms with Crippen LogP contribution >= 0.6 is 0 Å². The van der Waals surface area contributed by atoms with Crippen molar-refractivity contribution < 1.29 is 44.0 Å². The average Bonchev–Trinajstić information content (AvgIpc) is 3.80. The molecule has 3 N–H and O–H groups in total. The molecule has 2 aromatic heterocycles. The number of rotatable bonds is 12. The van der Waals surface area contributed by atoms with Crippen LogP contribution in [-0.2, 0) is 28.7 Å². The Hall–Kier alpha value is -4.82. The zero-order chi connectivity index (χ0) is 55.2. The summed E-state index contributed by atoms with van der Waals surface area (Å²) in [6, 6.07) is 17.2. The second-order valence-electron chi connectivity index (χ2n) is 23.5. The summed E-state index contributed by atoms with van der Waals surface area (Å²) in [7, 11) is 1.30. The topological polar surface area (TPSA) is 180 Å². The third-order valence-electron chi connectivity index (χ3n) is 18.1. The molecule has 13 rings (SSSR count). The summed E-state index contributed by atoms with van der Waals surface area (Å²) in [5, 5.41) is 33.6. The van der Waals surface area contributed by atoms with Gasteiger partial charge in [-0.05, 0) is 162 Å². The molecule has 2 aromatic carbocycles. The van der Waals surface area contributed by atoms with E-state index in [0.717, 1.165) is 121 Å². The Bertz CT molecular complexity index is 2420. The highest BCUT2D eigenvalue weighted by Crippen LogP contribution is 2.45. The third kappa shape index (κ3) is 14.9. The summed E-state index contributed by atoms with van der Waals surface area (Å²) < 4.78 is 9.10. The Balaban J connectivity index is 0.000000154. The van der Waals surface area contributed by atoms with Gasteiger partial charge in [0.05, 0.1) is 54.0 Å². The monoisotopic (exact) mass is 1060 g/mol. The number of aryl methyl sites for hydroxylation is 2. The number of hydrogen-bond acceptors (Lipinski definition) is 12. The molecule has 4 aromatic rings. The number of aliphatic hydroxyl groups is 2. The minimum absolute atomic E-state index is 0.101. The van der Waals surface area contributed by atoms with Gasteiger partial charge in [-0.15, -0.1) is 0 Å². The SMILES string of the molecule is CCC.CCCCC1CN2CCC1CC2[C@@H](O)c1ccnc2ccc(C)cc12.CCCCC1CN2CCC1CC2[C@@H](O)c1ccnc2ccc(C)cc12.COC(=O)[C@@H]1CCCC[C@@H]1C(=O)O.O=C1OC(=O)[C@@H]2CCCC[C@H]12. The largest absolute Gasteiger partial charge is 0.481 e. The number of cyclic esters (lactones) is 2. The Kier molecular flexibility index (Phi) is 22.4. The minimum Gasteiger partial charge on any atom is -0.481 e. The zero-order valence-electron chi connectivity index (χ0n) is 47.5. The van der Waals surface area contributed by atoms with Crippen molar-refractivity contribution in [2.45, 2.75) is 188 Å². The summed E-state index contributed by atoms with van der Waals surface area (Å²) in [6.45, 7) is 17.7. The van der Waals surface area contributed by atoms with Crippen LogP contribution in [0, 0.1) is 61.2 Å². The second-order valence-corrected chi connectivity index (χ2v) is 23.5. The van der Waals surface area contributed by atoms with Gasteiger partial charge in [-0.25, -0.2) is 0 Å². The number of pyridine rings is 2. The Labute approximate surface area is 459 Å². The number of aliphatic hydroxyl groups excluding tert-OH is 2. The first-order valence-electron chi connectivity index (χ1n) is 29.8. The van der Waals surface area contributed by atoms with Crippen LogP contribution < -0.4 is 0 Å². The molecular weight excluding hydrogens is 969 g/mol. The molecule has 13 heteroatoms. The molecule has 77 heavy (non-hydrogen) atoms. The fraction of sp³-hybridized carbons (Fsp3) is 0.656. The van der Waals surface area contributed by atoms with E-state index in [-0.39, 0.29) is 41.8 Å². The number of piperidine rings is 6. The molecule has 7 saturated heterocycles. The fourth-order valence-corrected chi connectivity index (χ4v) is 13.9. The predicted octanol–water partition coefficient (Wildman–Crippen LogP) is 12.3. The van der Waals surface area contributed by atoms with Crippen molar-refractivity contribution >= 4 is 45.7 Å². The molecule has 0 amide bonds. The van der Waals surface area contributed by atoms with Gasteiger partial charge < -0.3 is 24.8 Å². The van der Waals surface area contributed by atoms with Crippen LogP contribution in [0.4, 0.5) is 0 Å². The number of carbonyl (C=O) groups is 4. The van der Waals surface area contributed by atoms with Gasteiger partial charge in [-0.1, -0.05) is 109 Å². The summed E-state index contributed by atoms with van der Waals surface area (Å²) in [6.07, 6.45) is 23.9. The molecule has 14 atom stereocenters. The number of carboxylic acid groups (broad SMARTS) is 1. The Morgan fingerprint density at radius 1 is 0.649 bits per heavy atom. The number of aliphatic carboxylic acids is 1. The second kappa shape index (κ2) is 28.9. The van der Waals surface area contributed by atoms with Gasteiger partial charge in [-0.2, -0.15) is 0 Å². The maximum Gasteiger partial charge on any atom is 0.317 e. The Morgan fingerprint density at radius 2 is 1.08 bits per heavy atom. The van der Waals surface area contributed by atoms with Gasteiger partial charge in [0.1, 0.15) is 0 Å². The van der Waals surface area contributed by atoms with E-state index in [9.17, 15) is 29.4 Å². The molecule has 0 spiro atoms. The smallest absolute Gasteiger partial charge is 0.317 e. The highest BCUT2D eigenvalue weighted by atomic mass is 16.6. The molecule has 13 nitrogen and oxygen atoms in total. The summed E-state index contributed by atoms with van der Waals surface area (Å²) in [5.74, 6) is 0.255. The lowest BCUT2D eigenvalue weighted by atomic mass is 9.72. The van der Waals surface area contributed by atoms with Gasteiger partial charge in [0.25, 0.3) is 0 Å². The molecule has 8 unspecified atom stereocenters. The summed E-state index contributed by atoms with van der Waals surface area (Å²) in [4.78, 5) is 58.0. The van der Waals surface area contributed by atoms with Crippen molar-refractivity contribution in [3.8, 4) is 0 Å². The maximum absolute atomic E-state index is 11.2. The van der Waals surface area contributed by atoms with E-state index in [4.69, 9.17) is 5.11 Å². The number of ether oxygens (including phenoxy) is 2. The van der Waals surface area contributed by atoms with Gasteiger partial charge in [0.15, 0.2) is 0 Å². The maximum atomic E-state index is 11.2. The number of esters is 3. The number of carbonyl (C=O) groups excluding carboxylic acids is 3. The number of carboxylic acids is 1. The van der Waals surface area contributed by atoms with Gasteiger partial charge in [-0.3, -0.25) is 38.9 Å². The molecule has 4 bridgehead atoms. The number of methoxy groups -OCH3 is 1. The number of hydrogen-bond donors (Lipinski definition) is 3. The van der Waals surface area contributed by atoms with E-state index in [0.29, 0.717) is 12.8 Å². The van der Waals surface area contributed by atoms with Crippen molar-refractivity contribution in [2.75, 3.05) is 33.3 Å². The van der Waals surface area contributed by atoms with Crippen molar-refractivity contribution in [2.24, 2.45) is 47.3 Å². The summed E-state index contributed by atoms with van der Waals surface area (Å²) >= 11 is 0. The van der Waals surface area contributed by atoms with E-state index in [1.165, 1.54) is 89.1 Å². The van der Waals surface area contributed by atoms with E-state index in [2.05, 4.69) is 107 Å². The molecule has 0 radical (unpaired) electrons. The fourth-order valence-electron chi connectivity index (χ4n) is 13.9. The zero-order valence-corrected chi connectivity index (χ0v) is 47.5. The van der Waals surface area contributed by atoms with Crippen LogP contribution in [0.2, 0.25) is 0 Å². The lowest BCUT2D eigenvalue weighted by Gasteiger charge is -2.51. The molecule has 2 saturated carbocycles. The summed E-state index contributed by atoms with van der Waals surface area (Å²) in [5.41, 5.74) is 6.52. The predicted molar refractivity (Wildman–Crippen MR) is 303 cm³/mol. The van der Waals surface area contributed by atoms with Crippen LogP contribution in [-0.4, -0.2) is 104 Å². The number of aromatic nitrogens is 2. The van der Waals surface area contributed by atoms with Gasteiger partial charge in [0, 0.05) is 48.3 Å². The van der Waals surface area contributed by atoms with Crippen molar-refractivity contribution in [3.63, 3.8) is 0 Å². The van der Waals surface area contributed by atoms with E-state index in [1.807, 2.05) is 24.5 Å². The van der Waals surface area contributed by atoms with Crippen molar-refractivity contribution in [1.29, 1.82) is 0 Å². The van der Waals surface area contributed by atoms with E-state index >= 15 is 0 Å². The first kappa shape index (κ1) is 59.8. The standard InChI is InChI=1S/2C22H30N2O.C9H14O4.C8H10O3.C3H8/c2*1-3-4-5-17-14-24-11-9-16(17)13-21(24)22(25)18-8-10-23-20-7-6-15(2)12-19(18)20;1-13-9(12)7-5-3-2-4-6(7)8(10)11;9-7-5-3-1-2-4-6(5)8(10)11-7;1-3-2/h2*6-8,10,12,16-17,21-22,25H,3-5,9,11,13-14H2,1-2H3;6-7H,2-5H2,1H3,(H,10,11);5-6H,1-4H2;3H2,1-2H3/t2*16?,17?,21?,22-;6-,7+;5-,6+;/m000../s1. The molecule has 422 valence electrons. The van der Waals surface area contributed by atoms with Crippen LogP contribution in [0.5, 0.6) is 0 Å². The minimum atomic E-state index is -0.880. The van der Waals surface area contributed by atoms with Crippen molar-refractivity contribution in [1.82, 2.24) is 19.8 Å². The number of benzene rings is 2. The number of fused-ring (bicyclic) bond motifs is 9. The van der Waals surface area contributed by atoms with E-state index < -0.39 is 30.0 Å². The first-order chi connectivity index (χ1) is 37.2. The van der Waals surface area contributed by atoms with Gasteiger partial charge in [0.2, 0.25) is 0 Å². The number of unbranched alkanes of at least 4 members (excludes halogenated alkanes) is 2. The molecular formula is C64H92N4O9. The van der Waals surface area contributed by atoms with Crippen LogP contribution in [0.3, 0.4) is 0 Å². The van der Waals surface area contributed by atoms with Crippen LogP contribution in [0.1, 0.15) is 184 Å². The molecule has 9 heterocycles. The van der Waals surface area contributed by atoms with Crippen molar-refractivity contribution in [3.05, 3.63) is 83.2 Å². The van der Waals surface area contributed by atoms with Crippen LogP contribution in [0.25, 0.3) is 21.8 Å². The lowest BCUT2D eigenvalue weighted by molar-refractivity contribution is -0.157. The molecule has 7 aliphatic heterocycles. The average molecular weight is 1060 g/mol. The lowest BCUT2D eigenvalue weighted by Crippen LogP contribution is -2.55. The highest BCUT2D eigenvalue weighted by molar-refractivity contribution is 5.96. The van der Waals surface area contributed by atoms with E-state index in [1.54, 1.807) is 0 Å². The Morgan fingerprint density at radius 3 is 1.47 bits per heavy atom. The molecule has 2 aliphatic carbocycles. The number of nitrogens with zero attached hydrogens (tertiary/aromatic N) is 4. The highest BCUT2D eigenvalue weighted by Gasteiger charge is 2.46. The first-order valence-corrected chi connectivity index (χ1v) is 29.8. The normalized spacial score (nSPS) is 29.6. The molecule has 9 fully saturated rings. The molecule has 9 aliphatic rings. The van der Waals surface area contributed by atoms with Crippen LogP contribution in [0.15, 0.2) is 60.9 Å².